The summed E-state index contributed by atoms with van der Waals surface area (Å²) in [6, 6.07) is 13.5. The number of benzene rings is 2. The number of hydrogen-bond donors (Lipinski definition) is 1. The number of ether oxygens (including phenoxy) is 1. The van der Waals surface area contributed by atoms with Crippen molar-refractivity contribution in [1.82, 2.24) is 10.2 Å². The number of thioether (sulfide) groups is 1. The van der Waals surface area contributed by atoms with Gasteiger partial charge in [0.05, 0.1) is 23.7 Å². The van der Waals surface area contributed by atoms with Crippen LogP contribution in [0.3, 0.4) is 0 Å². The van der Waals surface area contributed by atoms with Crippen molar-refractivity contribution < 1.29 is 18.7 Å². The minimum atomic E-state index is -0.662. The number of amides is 1. The highest BCUT2D eigenvalue weighted by atomic mass is 32.2. The van der Waals surface area contributed by atoms with E-state index in [0.29, 0.717) is 23.0 Å². The second-order valence-corrected chi connectivity index (χ2v) is 10.7. The lowest BCUT2D eigenvalue weighted by molar-refractivity contribution is -0.150. The van der Waals surface area contributed by atoms with Crippen molar-refractivity contribution in [2.75, 3.05) is 0 Å². The Morgan fingerprint density at radius 3 is 2.39 bits per heavy atom. The molecule has 0 radical (unpaired) electrons. The molecule has 4 rings (SSSR count). The Morgan fingerprint density at radius 2 is 1.75 bits per heavy atom. The molecule has 8 heteroatoms. The van der Waals surface area contributed by atoms with Crippen LogP contribution < -0.4 is 5.32 Å². The van der Waals surface area contributed by atoms with Gasteiger partial charge in [0.25, 0.3) is 0 Å². The Kier molecular flexibility index (Phi) is 7.36. The minimum Gasteiger partial charge on any atom is -0.456 e. The predicted octanol–water partition coefficient (Wildman–Crippen LogP) is 5.76. The summed E-state index contributed by atoms with van der Waals surface area (Å²) in [6.45, 7) is 9.63. The van der Waals surface area contributed by atoms with Gasteiger partial charge in [-0.3, -0.25) is 4.79 Å². The van der Waals surface area contributed by atoms with Gasteiger partial charge in [-0.2, -0.15) is 0 Å². The average molecular weight is 508 g/mol. The Labute approximate surface area is 215 Å². The summed E-state index contributed by atoms with van der Waals surface area (Å²) in [6.07, 6.45) is 0.107. The Hall–Kier alpha value is -3.39. The summed E-state index contributed by atoms with van der Waals surface area (Å²) in [5.74, 6) is -0.924. The van der Waals surface area contributed by atoms with Crippen molar-refractivity contribution >= 4 is 28.8 Å². The van der Waals surface area contributed by atoms with E-state index in [1.807, 2.05) is 69.2 Å². The molecule has 0 spiro atoms. The summed E-state index contributed by atoms with van der Waals surface area (Å²) in [5, 5.41) is 5.52. The largest absolute Gasteiger partial charge is 0.456 e. The smallest absolute Gasteiger partial charge is 0.338 e. The van der Waals surface area contributed by atoms with E-state index in [-0.39, 0.29) is 18.1 Å². The maximum Gasteiger partial charge on any atom is 0.338 e. The van der Waals surface area contributed by atoms with Crippen LogP contribution in [0.4, 0.5) is 4.39 Å². The molecule has 1 N–H and O–H groups in total. The second-order valence-electron chi connectivity index (χ2n) is 9.89. The van der Waals surface area contributed by atoms with Crippen molar-refractivity contribution in [3.8, 4) is 0 Å². The van der Waals surface area contributed by atoms with Crippen LogP contribution in [0.25, 0.3) is 0 Å². The van der Waals surface area contributed by atoms with Gasteiger partial charge in [0.2, 0.25) is 5.91 Å². The minimum absolute atomic E-state index is 0.107. The summed E-state index contributed by atoms with van der Waals surface area (Å²) >= 11 is 1.43. The van der Waals surface area contributed by atoms with Crippen LogP contribution in [0, 0.1) is 12.7 Å². The number of aliphatic imine (C=N–C) groups is 1. The van der Waals surface area contributed by atoms with E-state index >= 15 is 0 Å². The molecule has 188 valence electrons. The van der Waals surface area contributed by atoms with Gasteiger partial charge >= 0.3 is 5.97 Å². The molecule has 1 amide bonds. The maximum atomic E-state index is 13.4. The van der Waals surface area contributed by atoms with Crippen LogP contribution >= 0.6 is 11.8 Å². The van der Waals surface area contributed by atoms with Crippen LogP contribution in [0.2, 0.25) is 0 Å². The number of esters is 1. The van der Waals surface area contributed by atoms with Gasteiger partial charge in [-0.05, 0) is 63.3 Å². The highest BCUT2D eigenvalue weighted by Gasteiger charge is 2.41. The number of carbonyl (C=O) groups is 2. The molecule has 1 unspecified atom stereocenters. The molecule has 2 heterocycles. The number of allylic oxidation sites excluding steroid dienone is 1. The fraction of sp³-hybridized carbons (Fsp3) is 0.321. The first-order valence-electron chi connectivity index (χ1n) is 11.8. The molecule has 6 nitrogen and oxygen atoms in total. The van der Waals surface area contributed by atoms with Gasteiger partial charge in [0, 0.05) is 12.2 Å². The fourth-order valence-electron chi connectivity index (χ4n) is 4.06. The predicted molar refractivity (Wildman–Crippen MR) is 140 cm³/mol. The topological polar surface area (TPSA) is 71.0 Å². The molecule has 2 aromatic rings. The van der Waals surface area contributed by atoms with Crippen LogP contribution in [0.1, 0.15) is 56.8 Å². The SMILES string of the molecule is CC1=C(C(=O)OC(C)(C)C)C(c2ccc(C)cc2)N2C(CC(=O)NCc3ccc(F)cc3)=CSC2=N1. The molecule has 0 fully saturated rings. The number of aryl methyl sites for hydroxylation is 1. The van der Waals surface area contributed by atoms with Gasteiger partial charge in [-0.25, -0.2) is 14.2 Å². The third-order valence-corrected chi connectivity index (χ3v) is 6.65. The average Bonchev–Trinajstić information content (AvgIpc) is 3.19. The maximum absolute atomic E-state index is 13.4. The zero-order valence-electron chi connectivity index (χ0n) is 21.1. The molecule has 2 aliphatic rings. The van der Waals surface area contributed by atoms with E-state index in [2.05, 4.69) is 5.32 Å². The van der Waals surface area contributed by atoms with Crippen LogP contribution in [-0.4, -0.2) is 27.5 Å². The van der Waals surface area contributed by atoms with E-state index in [1.54, 1.807) is 12.1 Å². The Balaban J connectivity index is 1.60. The van der Waals surface area contributed by atoms with Gasteiger partial charge in [-0.15, -0.1) is 0 Å². The van der Waals surface area contributed by atoms with Crippen molar-refractivity contribution in [3.63, 3.8) is 0 Å². The Morgan fingerprint density at radius 1 is 1.08 bits per heavy atom. The van der Waals surface area contributed by atoms with E-state index in [4.69, 9.17) is 9.73 Å². The summed E-state index contributed by atoms with van der Waals surface area (Å²) in [5.41, 5.74) is 3.97. The highest BCUT2D eigenvalue weighted by Crippen LogP contribution is 2.45. The van der Waals surface area contributed by atoms with Crippen molar-refractivity contribution in [2.45, 2.75) is 59.2 Å². The number of halogens is 1. The van der Waals surface area contributed by atoms with E-state index in [1.165, 1.54) is 23.9 Å². The summed E-state index contributed by atoms with van der Waals surface area (Å²) in [7, 11) is 0. The third-order valence-electron chi connectivity index (χ3n) is 5.76. The van der Waals surface area contributed by atoms with Crippen molar-refractivity contribution in [1.29, 1.82) is 0 Å². The molecular formula is C28H30FN3O3S. The van der Waals surface area contributed by atoms with Gasteiger partial charge in [-0.1, -0.05) is 53.7 Å². The molecular weight excluding hydrogens is 477 g/mol. The molecule has 0 saturated heterocycles. The number of fused-ring (bicyclic) bond motifs is 1. The second kappa shape index (κ2) is 10.3. The molecule has 2 aliphatic heterocycles. The van der Waals surface area contributed by atoms with E-state index in [9.17, 15) is 14.0 Å². The molecule has 0 bridgehead atoms. The molecule has 0 aliphatic carbocycles. The van der Waals surface area contributed by atoms with Gasteiger partial charge in [0.1, 0.15) is 11.4 Å². The van der Waals surface area contributed by atoms with Crippen LogP contribution in [-0.2, 0) is 20.9 Å². The number of carbonyl (C=O) groups excluding carboxylic acids is 2. The lowest BCUT2D eigenvalue weighted by atomic mass is 9.93. The van der Waals surface area contributed by atoms with Crippen LogP contribution in [0.5, 0.6) is 0 Å². The quantitative estimate of drug-likeness (QED) is 0.504. The normalized spacial score (nSPS) is 17.4. The fourth-order valence-corrected chi connectivity index (χ4v) is 5.02. The number of nitrogens with one attached hydrogen (secondary N) is 1. The first kappa shape index (κ1) is 25.7. The van der Waals surface area contributed by atoms with Crippen molar-refractivity contribution in [3.05, 3.63) is 93.4 Å². The first-order valence-corrected chi connectivity index (χ1v) is 12.7. The van der Waals surface area contributed by atoms with Gasteiger partial charge < -0.3 is 15.0 Å². The van der Waals surface area contributed by atoms with Crippen molar-refractivity contribution in [2.24, 2.45) is 4.99 Å². The number of nitrogens with zero attached hydrogens (tertiary/aromatic N) is 2. The third kappa shape index (κ3) is 5.87. The number of rotatable bonds is 6. The van der Waals surface area contributed by atoms with Gasteiger partial charge in [0.15, 0.2) is 5.17 Å². The molecule has 0 saturated carbocycles. The zero-order valence-corrected chi connectivity index (χ0v) is 21.9. The lowest BCUT2D eigenvalue weighted by Crippen LogP contribution is -2.39. The lowest BCUT2D eigenvalue weighted by Gasteiger charge is -2.37. The Bertz CT molecular complexity index is 1260. The molecule has 0 aromatic heterocycles. The number of hydrogen-bond acceptors (Lipinski definition) is 6. The monoisotopic (exact) mass is 507 g/mol. The highest BCUT2D eigenvalue weighted by molar-refractivity contribution is 8.16. The zero-order chi connectivity index (χ0) is 26.0. The standard InChI is InChI=1S/C28H30FN3O3S/c1-17-6-10-20(11-7-17)25-24(26(34)35-28(3,4)5)18(2)31-27-32(25)22(16-36-27)14-23(33)30-15-19-8-12-21(29)13-9-19/h6-13,16,25H,14-15H2,1-5H3,(H,30,33). The summed E-state index contributed by atoms with van der Waals surface area (Å²) in [4.78, 5) is 32.9. The number of amidine groups is 1. The summed E-state index contributed by atoms with van der Waals surface area (Å²) < 4.78 is 18.9. The van der Waals surface area contributed by atoms with Crippen LogP contribution in [0.15, 0.2) is 75.9 Å². The molecule has 1 atom stereocenters. The van der Waals surface area contributed by atoms with E-state index in [0.717, 1.165) is 22.4 Å². The molecule has 36 heavy (non-hydrogen) atoms. The first-order chi connectivity index (χ1) is 17.0. The van der Waals surface area contributed by atoms with E-state index < -0.39 is 17.6 Å². The molecule has 2 aromatic carbocycles.